The van der Waals surface area contributed by atoms with Crippen LogP contribution >= 0.6 is 0 Å². The minimum absolute atomic E-state index is 0.105. The molecule has 0 amide bonds. The molecule has 0 aliphatic rings. The van der Waals surface area contributed by atoms with Gasteiger partial charge in [-0.25, -0.2) is 0 Å². The van der Waals surface area contributed by atoms with Crippen molar-refractivity contribution < 1.29 is 10.2 Å². The maximum absolute atomic E-state index is 9.45. The van der Waals surface area contributed by atoms with Crippen LogP contribution in [0.5, 0.6) is 0 Å². The maximum Gasteiger partial charge on any atom is 0.0694 e. The van der Waals surface area contributed by atoms with Gasteiger partial charge in [0.05, 0.1) is 24.7 Å². The fourth-order valence-electron chi connectivity index (χ4n) is 0.972. The molecule has 0 saturated carbocycles. The molecular weight excluding hydrogens is 154 g/mol. The van der Waals surface area contributed by atoms with E-state index in [9.17, 15) is 10.2 Å². The van der Waals surface area contributed by atoms with Gasteiger partial charge in [0, 0.05) is 6.42 Å². The molecule has 0 aliphatic heterocycles. The predicted molar refractivity (Wildman–Crippen MR) is 46.3 cm³/mol. The van der Waals surface area contributed by atoms with Crippen LogP contribution in [0.4, 0.5) is 0 Å². The molecule has 12 heavy (non-hydrogen) atoms. The summed E-state index contributed by atoms with van der Waals surface area (Å²) in [6, 6.07) is 1.87. The van der Waals surface area contributed by atoms with Crippen LogP contribution in [0, 0.1) is 17.2 Å². The lowest BCUT2D eigenvalue weighted by Crippen LogP contribution is -2.23. The number of nitrogens with zero attached hydrogens (tertiary/aromatic N) is 1. The van der Waals surface area contributed by atoms with Gasteiger partial charge in [-0.1, -0.05) is 20.3 Å². The first-order chi connectivity index (χ1) is 5.61. The fourth-order valence-corrected chi connectivity index (χ4v) is 0.972. The molecule has 0 aliphatic carbocycles. The Morgan fingerprint density at radius 1 is 1.42 bits per heavy atom. The zero-order chi connectivity index (χ0) is 9.56. The lowest BCUT2D eigenvalue weighted by molar-refractivity contribution is 0.0494. The first-order valence-corrected chi connectivity index (χ1v) is 4.34. The van der Waals surface area contributed by atoms with Gasteiger partial charge in [0.2, 0.25) is 0 Å². The topological polar surface area (TPSA) is 64.2 Å². The molecular formula is C9H17NO2. The van der Waals surface area contributed by atoms with E-state index in [1.54, 1.807) is 0 Å². The Kier molecular flexibility index (Phi) is 5.69. The Bertz CT molecular complexity index is 153. The van der Waals surface area contributed by atoms with Crippen LogP contribution in [-0.4, -0.2) is 22.4 Å². The van der Waals surface area contributed by atoms with Crippen molar-refractivity contribution in [2.24, 2.45) is 5.92 Å². The second kappa shape index (κ2) is 5.99. The minimum atomic E-state index is -0.681. The number of rotatable bonds is 5. The van der Waals surface area contributed by atoms with E-state index in [2.05, 4.69) is 0 Å². The largest absolute Gasteiger partial charge is 0.393 e. The molecule has 2 unspecified atom stereocenters. The van der Waals surface area contributed by atoms with E-state index < -0.39 is 12.2 Å². The molecule has 0 bridgehead atoms. The van der Waals surface area contributed by atoms with Gasteiger partial charge in [-0.15, -0.1) is 0 Å². The molecule has 0 spiro atoms. The zero-order valence-corrected chi connectivity index (χ0v) is 7.70. The average molecular weight is 171 g/mol. The second-order valence-corrected chi connectivity index (χ2v) is 3.20. The molecule has 0 saturated heterocycles. The molecule has 3 heteroatoms. The summed E-state index contributed by atoms with van der Waals surface area (Å²) in [5.41, 5.74) is 0. The quantitative estimate of drug-likeness (QED) is 0.650. The van der Waals surface area contributed by atoms with Crippen molar-refractivity contribution in [3.63, 3.8) is 0 Å². The van der Waals surface area contributed by atoms with Crippen LogP contribution in [-0.2, 0) is 0 Å². The van der Waals surface area contributed by atoms with Crippen molar-refractivity contribution in [2.75, 3.05) is 0 Å². The number of aliphatic hydroxyl groups excluding tert-OH is 2. The smallest absolute Gasteiger partial charge is 0.0694 e. The molecule has 0 heterocycles. The molecule has 0 rings (SSSR count). The van der Waals surface area contributed by atoms with Crippen LogP contribution in [0.25, 0.3) is 0 Å². The first kappa shape index (κ1) is 11.4. The van der Waals surface area contributed by atoms with E-state index in [4.69, 9.17) is 5.26 Å². The van der Waals surface area contributed by atoms with Crippen LogP contribution in [0.1, 0.15) is 33.1 Å². The van der Waals surface area contributed by atoms with Crippen molar-refractivity contribution in [3.8, 4) is 6.07 Å². The van der Waals surface area contributed by atoms with E-state index in [1.807, 2.05) is 19.9 Å². The Morgan fingerprint density at radius 3 is 2.42 bits per heavy atom. The van der Waals surface area contributed by atoms with E-state index in [-0.39, 0.29) is 12.3 Å². The summed E-state index contributed by atoms with van der Waals surface area (Å²) < 4.78 is 0. The van der Waals surface area contributed by atoms with Crippen molar-refractivity contribution in [1.82, 2.24) is 0 Å². The number of hydrogen-bond donors (Lipinski definition) is 2. The molecule has 0 aromatic heterocycles. The number of hydrogen-bond acceptors (Lipinski definition) is 3. The average Bonchev–Trinajstić information content (AvgIpc) is 2.03. The first-order valence-electron chi connectivity index (χ1n) is 4.34. The predicted octanol–water partition coefficient (Wildman–Crippen LogP) is 1.06. The molecule has 70 valence electrons. The van der Waals surface area contributed by atoms with Gasteiger partial charge in [0.25, 0.3) is 0 Å². The van der Waals surface area contributed by atoms with E-state index in [0.717, 1.165) is 6.42 Å². The SMILES string of the molecule is CC[C@@H](C)C(O)CC(O)CC#N. The standard InChI is InChI=1S/C9H17NO2/c1-3-7(2)9(12)6-8(11)4-5-10/h7-9,11-12H,3-4,6H2,1-2H3/t7-,8?,9?/m1/s1. The fraction of sp³-hybridized carbons (Fsp3) is 0.889. The summed E-state index contributed by atoms with van der Waals surface area (Å²) in [4.78, 5) is 0. The highest BCUT2D eigenvalue weighted by Gasteiger charge is 2.16. The van der Waals surface area contributed by atoms with E-state index in [0.29, 0.717) is 6.42 Å². The Morgan fingerprint density at radius 2 is 2.00 bits per heavy atom. The van der Waals surface area contributed by atoms with Gasteiger partial charge in [-0.05, 0) is 5.92 Å². The number of nitriles is 1. The third-order valence-electron chi connectivity index (χ3n) is 2.14. The van der Waals surface area contributed by atoms with Crippen molar-refractivity contribution in [3.05, 3.63) is 0 Å². The lowest BCUT2D eigenvalue weighted by atomic mass is 9.96. The molecule has 0 aromatic rings. The molecule has 0 aromatic carbocycles. The monoisotopic (exact) mass is 171 g/mol. The van der Waals surface area contributed by atoms with Gasteiger partial charge >= 0.3 is 0 Å². The highest BCUT2D eigenvalue weighted by Crippen LogP contribution is 2.13. The van der Waals surface area contributed by atoms with Gasteiger partial charge in [0.15, 0.2) is 0 Å². The lowest BCUT2D eigenvalue weighted by Gasteiger charge is -2.18. The van der Waals surface area contributed by atoms with Crippen LogP contribution < -0.4 is 0 Å². The molecule has 0 radical (unpaired) electrons. The summed E-state index contributed by atoms with van der Waals surface area (Å²) in [7, 11) is 0. The van der Waals surface area contributed by atoms with Gasteiger partial charge < -0.3 is 10.2 Å². The van der Waals surface area contributed by atoms with Crippen LogP contribution in [0.15, 0.2) is 0 Å². The summed E-state index contributed by atoms with van der Waals surface area (Å²) in [5.74, 6) is 0.193. The highest BCUT2D eigenvalue weighted by atomic mass is 16.3. The van der Waals surface area contributed by atoms with Gasteiger partial charge in [0.1, 0.15) is 0 Å². The van der Waals surface area contributed by atoms with Crippen LogP contribution in [0.3, 0.4) is 0 Å². The molecule has 0 fully saturated rings. The Labute approximate surface area is 73.6 Å². The Hall–Kier alpha value is -0.590. The van der Waals surface area contributed by atoms with Crippen molar-refractivity contribution in [2.45, 2.75) is 45.3 Å². The summed E-state index contributed by atoms with van der Waals surface area (Å²) >= 11 is 0. The zero-order valence-electron chi connectivity index (χ0n) is 7.70. The second-order valence-electron chi connectivity index (χ2n) is 3.20. The van der Waals surface area contributed by atoms with Gasteiger partial charge in [-0.2, -0.15) is 5.26 Å². The van der Waals surface area contributed by atoms with E-state index >= 15 is 0 Å². The molecule has 2 N–H and O–H groups in total. The normalized spacial score (nSPS) is 17.9. The number of aliphatic hydroxyl groups is 2. The van der Waals surface area contributed by atoms with Crippen LogP contribution in [0.2, 0.25) is 0 Å². The summed E-state index contributed by atoms with van der Waals surface area (Å²) in [5, 5.41) is 26.9. The van der Waals surface area contributed by atoms with Crippen molar-refractivity contribution >= 4 is 0 Å². The summed E-state index contributed by atoms with van der Waals surface area (Å²) in [6.45, 7) is 3.92. The molecule has 3 nitrogen and oxygen atoms in total. The third kappa shape index (κ3) is 4.32. The molecule has 3 atom stereocenters. The van der Waals surface area contributed by atoms with E-state index in [1.165, 1.54) is 0 Å². The summed E-state index contributed by atoms with van der Waals surface area (Å²) in [6.07, 6.45) is 0.133. The maximum atomic E-state index is 9.45. The van der Waals surface area contributed by atoms with Gasteiger partial charge in [-0.3, -0.25) is 0 Å². The van der Waals surface area contributed by atoms with Crippen molar-refractivity contribution in [1.29, 1.82) is 5.26 Å². The minimum Gasteiger partial charge on any atom is -0.393 e. The third-order valence-corrected chi connectivity index (χ3v) is 2.14. The Balaban J connectivity index is 3.68. The highest BCUT2D eigenvalue weighted by molar-refractivity contribution is 4.78.